The molecule has 0 bridgehead atoms. The van der Waals surface area contributed by atoms with Crippen molar-refractivity contribution < 1.29 is 14.3 Å². The number of carbonyl (C=O) groups excluding carboxylic acids is 2. The quantitative estimate of drug-likeness (QED) is 0.842. The molecule has 1 heterocycles. The molecule has 0 aromatic heterocycles. The largest absolute Gasteiger partial charge is 0.465 e. The van der Waals surface area contributed by atoms with Crippen LogP contribution in [0.4, 0.5) is 10.5 Å². The molecule has 0 saturated carbocycles. The van der Waals surface area contributed by atoms with Crippen molar-refractivity contribution in [3.05, 3.63) is 29.8 Å². The number of thioether (sulfide) groups is 1. The van der Waals surface area contributed by atoms with Gasteiger partial charge in [-0.15, -0.1) is 0 Å². The van der Waals surface area contributed by atoms with Gasteiger partial charge in [0.25, 0.3) is 0 Å². The predicted octanol–water partition coefficient (Wildman–Crippen LogP) is 2.05. The van der Waals surface area contributed by atoms with Gasteiger partial charge in [0.1, 0.15) is 0 Å². The van der Waals surface area contributed by atoms with Crippen LogP contribution in [0.25, 0.3) is 0 Å². The number of ether oxygens (including phenoxy) is 1. The number of rotatable bonds is 2. The van der Waals surface area contributed by atoms with E-state index in [2.05, 4.69) is 10.1 Å². The fourth-order valence-corrected chi connectivity index (χ4v) is 2.68. The van der Waals surface area contributed by atoms with E-state index >= 15 is 0 Å². The number of esters is 1. The van der Waals surface area contributed by atoms with Gasteiger partial charge in [0.05, 0.1) is 12.7 Å². The molecule has 0 atom stereocenters. The number of nitrogens with one attached hydrogen (secondary N) is 1. The minimum atomic E-state index is -0.383. The summed E-state index contributed by atoms with van der Waals surface area (Å²) in [6.45, 7) is 1.55. The van der Waals surface area contributed by atoms with Crippen molar-refractivity contribution in [3.8, 4) is 0 Å². The Kier molecular flexibility index (Phi) is 4.68. The number of carbonyl (C=O) groups is 2. The summed E-state index contributed by atoms with van der Waals surface area (Å²) < 4.78 is 4.62. The van der Waals surface area contributed by atoms with Crippen LogP contribution in [0.15, 0.2) is 24.3 Å². The van der Waals surface area contributed by atoms with Crippen LogP contribution in [0.1, 0.15) is 10.4 Å². The third-order valence-corrected chi connectivity index (χ3v) is 3.80. The Balaban J connectivity index is 1.95. The lowest BCUT2D eigenvalue weighted by molar-refractivity contribution is 0.0601. The van der Waals surface area contributed by atoms with Crippen molar-refractivity contribution in [3.63, 3.8) is 0 Å². The summed E-state index contributed by atoms with van der Waals surface area (Å²) in [6, 6.07) is 6.57. The van der Waals surface area contributed by atoms with Gasteiger partial charge in [-0.05, 0) is 24.3 Å². The van der Waals surface area contributed by atoms with Crippen LogP contribution in [-0.4, -0.2) is 48.6 Å². The van der Waals surface area contributed by atoms with Gasteiger partial charge in [0.15, 0.2) is 0 Å². The first-order valence-electron chi connectivity index (χ1n) is 6.03. The number of urea groups is 1. The standard InChI is InChI=1S/C13H16N2O3S/c1-18-12(16)10-2-4-11(5-3-10)14-13(17)15-6-8-19-9-7-15/h2-5H,6-9H2,1H3,(H,14,17). The Bertz CT molecular complexity index is 455. The Morgan fingerprint density at radius 3 is 2.42 bits per heavy atom. The molecular formula is C13H16N2O3S. The molecule has 1 aliphatic heterocycles. The van der Waals surface area contributed by atoms with Crippen LogP contribution < -0.4 is 5.32 Å². The summed E-state index contributed by atoms with van der Waals surface area (Å²) >= 11 is 1.86. The molecule has 0 radical (unpaired) electrons. The maximum Gasteiger partial charge on any atom is 0.337 e. The average molecular weight is 280 g/mol. The molecule has 19 heavy (non-hydrogen) atoms. The Hall–Kier alpha value is -1.69. The van der Waals surface area contributed by atoms with Crippen LogP contribution in [0.5, 0.6) is 0 Å². The van der Waals surface area contributed by atoms with E-state index in [0.717, 1.165) is 24.6 Å². The minimum Gasteiger partial charge on any atom is -0.465 e. The van der Waals surface area contributed by atoms with Gasteiger partial charge in [0.2, 0.25) is 0 Å². The number of methoxy groups -OCH3 is 1. The van der Waals surface area contributed by atoms with Crippen molar-refractivity contribution in [2.24, 2.45) is 0 Å². The van der Waals surface area contributed by atoms with Crippen LogP contribution in [0, 0.1) is 0 Å². The molecule has 1 aliphatic rings. The van der Waals surface area contributed by atoms with Crippen LogP contribution in [-0.2, 0) is 4.74 Å². The van der Waals surface area contributed by atoms with Crippen molar-refractivity contribution in [1.29, 1.82) is 0 Å². The van der Waals surface area contributed by atoms with E-state index in [1.807, 2.05) is 11.8 Å². The fraction of sp³-hybridized carbons (Fsp3) is 0.385. The van der Waals surface area contributed by atoms with Crippen LogP contribution >= 0.6 is 11.8 Å². The number of amides is 2. The molecule has 1 saturated heterocycles. The lowest BCUT2D eigenvalue weighted by Gasteiger charge is -2.26. The number of hydrogen-bond acceptors (Lipinski definition) is 4. The highest BCUT2D eigenvalue weighted by molar-refractivity contribution is 7.99. The van der Waals surface area contributed by atoms with E-state index in [0.29, 0.717) is 11.3 Å². The molecule has 6 heteroatoms. The van der Waals surface area contributed by atoms with Crippen molar-refractivity contribution in [2.75, 3.05) is 37.0 Å². The summed E-state index contributed by atoms with van der Waals surface area (Å²) in [4.78, 5) is 25.0. The Morgan fingerprint density at radius 1 is 1.21 bits per heavy atom. The fourth-order valence-electron chi connectivity index (χ4n) is 1.78. The number of nitrogens with zero attached hydrogens (tertiary/aromatic N) is 1. The first-order chi connectivity index (χ1) is 9.20. The molecule has 0 spiro atoms. The highest BCUT2D eigenvalue weighted by atomic mass is 32.2. The second-order valence-corrected chi connectivity index (χ2v) is 5.32. The molecule has 5 nitrogen and oxygen atoms in total. The second-order valence-electron chi connectivity index (χ2n) is 4.10. The molecule has 1 fully saturated rings. The van der Waals surface area contributed by atoms with Crippen LogP contribution in [0.2, 0.25) is 0 Å². The normalized spacial score (nSPS) is 14.9. The summed E-state index contributed by atoms with van der Waals surface area (Å²) in [5, 5.41) is 2.82. The molecule has 0 unspecified atom stereocenters. The van der Waals surface area contributed by atoms with Gasteiger partial charge in [-0.1, -0.05) is 0 Å². The lowest BCUT2D eigenvalue weighted by Crippen LogP contribution is -2.40. The van der Waals surface area contributed by atoms with Gasteiger partial charge in [-0.3, -0.25) is 0 Å². The van der Waals surface area contributed by atoms with Crippen molar-refractivity contribution in [2.45, 2.75) is 0 Å². The van der Waals surface area contributed by atoms with Crippen LogP contribution in [0.3, 0.4) is 0 Å². The van der Waals surface area contributed by atoms with Crippen molar-refractivity contribution >= 4 is 29.4 Å². The number of benzene rings is 1. The second kappa shape index (κ2) is 6.47. The van der Waals surface area contributed by atoms with Gasteiger partial charge in [-0.25, -0.2) is 9.59 Å². The third-order valence-electron chi connectivity index (χ3n) is 2.86. The summed E-state index contributed by atoms with van der Waals surface area (Å²) in [6.07, 6.45) is 0. The molecular weight excluding hydrogens is 264 g/mol. The zero-order valence-electron chi connectivity index (χ0n) is 10.7. The zero-order valence-corrected chi connectivity index (χ0v) is 11.5. The smallest absolute Gasteiger partial charge is 0.337 e. The van der Waals surface area contributed by atoms with E-state index in [-0.39, 0.29) is 12.0 Å². The molecule has 1 aromatic rings. The Labute approximate surface area is 116 Å². The summed E-state index contributed by atoms with van der Waals surface area (Å²) in [5.74, 6) is 1.58. The summed E-state index contributed by atoms with van der Waals surface area (Å²) in [7, 11) is 1.34. The van der Waals surface area contributed by atoms with E-state index in [4.69, 9.17) is 0 Å². The van der Waals surface area contributed by atoms with Gasteiger partial charge < -0.3 is 15.0 Å². The van der Waals surface area contributed by atoms with E-state index in [1.165, 1.54) is 7.11 Å². The first kappa shape index (κ1) is 13.7. The number of hydrogen-bond donors (Lipinski definition) is 1. The lowest BCUT2D eigenvalue weighted by atomic mass is 10.2. The van der Waals surface area contributed by atoms with E-state index in [1.54, 1.807) is 29.2 Å². The van der Waals surface area contributed by atoms with E-state index in [9.17, 15) is 9.59 Å². The molecule has 2 rings (SSSR count). The van der Waals surface area contributed by atoms with Gasteiger partial charge in [-0.2, -0.15) is 11.8 Å². The molecule has 2 amide bonds. The van der Waals surface area contributed by atoms with Gasteiger partial charge in [0, 0.05) is 30.3 Å². The highest BCUT2D eigenvalue weighted by Crippen LogP contribution is 2.13. The molecule has 1 N–H and O–H groups in total. The monoisotopic (exact) mass is 280 g/mol. The number of anilines is 1. The average Bonchev–Trinajstić information content (AvgIpc) is 2.48. The Morgan fingerprint density at radius 2 is 1.84 bits per heavy atom. The first-order valence-corrected chi connectivity index (χ1v) is 7.18. The van der Waals surface area contributed by atoms with E-state index < -0.39 is 0 Å². The van der Waals surface area contributed by atoms with Crippen molar-refractivity contribution in [1.82, 2.24) is 4.90 Å². The zero-order chi connectivity index (χ0) is 13.7. The summed E-state index contributed by atoms with van der Waals surface area (Å²) in [5.41, 5.74) is 1.14. The maximum atomic E-state index is 12.0. The molecule has 102 valence electrons. The highest BCUT2D eigenvalue weighted by Gasteiger charge is 2.16. The molecule has 0 aliphatic carbocycles. The third kappa shape index (κ3) is 3.64. The SMILES string of the molecule is COC(=O)c1ccc(NC(=O)N2CCSCC2)cc1. The maximum absolute atomic E-state index is 12.0. The van der Waals surface area contributed by atoms with Gasteiger partial charge >= 0.3 is 12.0 Å². The topological polar surface area (TPSA) is 58.6 Å². The molecule has 1 aromatic carbocycles. The predicted molar refractivity (Wildman–Crippen MR) is 75.7 cm³/mol. The minimum absolute atomic E-state index is 0.0916.